The van der Waals surface area contributed by atoms with Crippen molar-refractivity contribution < 1.29 is 14.3 Å². The Balaban J connectivity index is 2.58. The van der Waals surface area contributed by atoms with Crippen LogP contribution in [0.5, 0.6) is 0 Å². The van der Waals surface area contributed by atoms with Gasteiger partial charge in [0.15, 0.2) is 5.78 Å². The molecule has 20 heavy (non-hydrogen) atoms. The van der Waals surface area contributed by atoms with Crippen molar-refractivity contribution in [1.82, 2.24) is 0 Å². The van der Waals surface area contributed by atoms with Gasteiger partial charge in [-0.05, 0) is 49.6 Å². The highest BCUT2D eigenvalue weighted by molar-refractivity contribution is 7.47. The first-order chi connectivity index (χ1) is 9.41. The number of benzene rings is 2. The fourth-order valence-electron chi connectivity index (χ4n) is 2.22. The molecule has 1 unspecified atom stereocenters. The zero-order valence-corrected chi connectivity index (χ0v) is 12.7. The zero-order valence-electron chi connectivity index (χ0n) is 11.7. The molecular formula is C16H17O3P. The van der Waals surface area contributed by atoms with Gasteiger partial charge in [0, 0.05) is 16.4 Å². The predicted octanol–water partition coefficient (Wildman–Crippen LogP) is 2.94. The Morgan fingerprint density at radius 1 is 0.950 bits per heavy atom. The highest BCUT2D eigenvalue weighted by Crippen LogP contribution is 2.22. The van der Waals surface area contributed by atoms with Gasteiger partial charge >= 0.3 is 0 Å². The average molecular weight is 288 g/mol. The Morgan fingerprint density at radius 2 is 1.55 bits per heavy atom. The minimum Gasteiger partial charge on any atom is -0.343 e. The van der Waals surface area contributed by atoms with Gasteiger partial charge in [0.05, 0.1) is 0 Å². The van der Waals surface area contributed by atoms with Crippen molar-refractivity contribution in [2.75, 3.05) is 0 Å². The molecule has 0 spiro atoms. The van der Waals surface area contributed by atoms with E-state index in [1.165, 1.54) is 6.07 Å². The molecule has 0 saturated carbocycles. The smallest absolute Gasteiger partial charge is 0.218 e. The third-order valence-electron chi connectivity index (χ3n) is 3.49. The molecule has 0 saturated heterocycles. The Morgan fingerprint density at radius 3 is 2.20 bits per heavy atom. The van der Waals surface area contributed by atoms with Gasteiger partial charge in [-0.15, -0.1) is 0 Å². The van der Waals surface area contributed by atoms with Crippen molar-refractivity contribution in [3.05, 3.63) is 64.2 Å². The Bertz CT molecular complexity index is 705. The maximum atomic E-state index is 12.6. The average Bonchev–Trinajstić information content (AvgIpc) is 2.42. The lowest BCUT2D eigenvalue weighted by Crippen LogP contribution is -2.14. The van der Waals surface area contributed by atoms with Crippen LogP contribution >= 0.6 is 8.03 Å². The van der Waals surface area contributed by atoms with Crippen LogP contribution in [0.1, 0.15) is 32.6 Å². The Hall–Kier alpha value is -1.70. The normalized spacial score (nSPS) is 12.2. The molecule has 3 nitrogen and oxygen atoms in total. The summed E-state index contributed by atoms with van der Waals surface area (Å²) in [5, 5.41) is 0.222. The number of ketones is 1. The van der Waals surface area contributed by atoms with Crippen LogP contribution in [0.25, 0.3) is 0 Å². The van der Waals surface area contributed by atoms with E-state index in [0.717, 1.165) is 16.7 Å². The fourth-order valence-corrected chi connectivity index (χ4v) is 2.88. The second-order valence-corrected chi connectivity index (χ2v) is 6.08. The van der Waals surface area contributed by atoms with Gasteiger partial charge in [0.25, 0.3) is 0 Å². The van der Waals surface area contributed by atoms with Crippen LogP contribution in [0.2, 0.25) is 0 Å². The monoisotopic (exact) mass is 288 g/mol. The first kappa shape index (κ1) is 14.7. The molecule has 2 rings (SSSR count). The Labute approximate surface area is 119 Å². The summed E-state index contributed by atoms with van der Waals surface area (Å²) in [7, 11) is -2.90. The van der Waals surface area contributed by atoms with E-state index >= 15 is 0 Å². The van der Waals surface area contributed by atoms with Crippen LogP contribution in [0.3, 0.4) is 0 Å². The van der Waals surface area contributed by atoms with Crippen molar-refractivity contribution in [2.45, 2.75) is 20.8 Å². The standard InChI is InChI=1S/C16H17O3P/c1-10-8-12(3)14(9-11(10)2)16(17)13-6-4-5-7-15(13)20(18)19/h4-9,20H,1-3H3,(H,18,19). The van der Waals surface area contributed by atoms with Gasteiger partial charge in [-0.25, -0.2) is 0 Å². The lowest BCUT2D eigenvalue weighted by molar-refractivity contribution is 0.103. The molecule has 1 N–H and O–H groups in total. The van der Waals surface area contributed by atoms with Crippen molar-refractivity contribution >= 4 is 19.1 Å². The molecule has 104 valence electrons. The quantitative estimate of drug-likeness (QED) is 0.698. The lowest BCUT2D eigenvalue weighted by Gasteiger charge is -2.11. The third kappa shape index (κ3) is 2.74. The van der Waals surface area contributed by atoms with Crippen molar-refractivity contribution in [2.24, 2.45) is 0 Å². The number of carbonyl (C=O) groups excluding carboxylic acids is 1. The molecule has 0 aromatic heterocycles. The molecule has 2 aromatic rings. The molecule has 0 aliphatic heterocycles. The molecular weight excluding hydrogens is 271 g/mol. The summed E-state index contributed by atoms with van der Waals surface area (Å²) in [6, 6.07) is 10.3. The van der Waals surface area contributed by atoms with Gasteiger partial charge in [0.2, 0.25) is 8.03 Å². The molecule has 2 aromatic carbocycles. The van der Waals surface area contributed by atoms with Crippen molar-refractivity contribution in [1.29, 1.82) is 0 Å². The first-order valence-corrected chi connectivity index (χ1v) is 7.72. The van der Waals surface area contributed by atoms with Crippen molar-refractivity contribution in [3.8, 4) is 0 Å². The van der Waals surface area contributed by atoms with Crippen LogP contribution in [-0.4, -0.2) is 10.7 Å². The summed E-state index contributed by atoms with van der Waals surface area (Å²) in [6.45, 7) is 5.83. The maximum Gasteiger partial charge on any atom is 0.218 e. The summed E-state index contributed by atoms with van der Waals surface area (Å²) in [6.07, 6.45) is 0. The molecule has 0 bridgehead atoms. The van der Waals surface area contributed by atoms with E-state index in [1.807, 2.05) is 32.9 Å². The van der Waals surface area contributed by atoms with E-state index in [9.17, 15) is 14.3 Å². The van der Waals surface area contributed by atoms with Gasteiger partial charge in [-0.3, -0.25) is 9.36 Å². The summed E-state index contributed by atoms with van der Waals surface area (Å²) < 4.78 is 11.4. The second kappa shape index (κ2) is 5.74. The zero-order chi connectivity index (χ0) is 14.9. The van der Waals surface area contributed by atoms with Crippen LogP contribution < -0.4 is 5.30 Å². The molecule has 0 amide bonds. The number of aryl methyl sites for hydroxylation is 3. The minimum absolute atomic E-state index is 0.200. The van der Waals surface area contributed by atoms with E-state index in [4.69, 9.17) is 0 Å². The number of hydrogen-bond acceptors (Lipinski definition) is 2. The van der Waals surface area contributed by atoms with E-state index in [2.05, 4.69) is 0 Å². The molecule has 0 aliphatic carbocycles. The number of hydrogen-bond donors (Lipinski definition) is 1. The molecule has 0 heterocycles. The number of carbonyl (C=O) groups is 1. The molecule has 1 atom stereocenters. The van der Waals surface area contributed by atoms with Gasteiger partial charge < -0.3 is 4.89 Å². The maximum absolute atomic E-state index is 12.6. The van der Waals surface area contributed by atoms with Crippen LogP contribution in [-0.2, 0) is 4.57 Å². The predicted molar refractivity (Wildman–Crippen MR) is 81.4 cm³/mol. The molecule has 0 aliphatic rings. The SMILES string of the molecule is Cc1cc(C)c(C(=O)c2ccccc2[PH](=O)O)cc1C. The van der Waals surface area contributed by atoms with Gasteiger partial charge in [-0.2, -0.15) is 0 Å². The molecule has 0 fully saturated rings. The summed E-state index contributed by atoms with van der Waals surface area (Å²) in [4.78, 5) is 22.0. The van der Waals surface area contributed by atoms with E-state index in [0.29, 0.717) is 11.1 Å². The largest absolute Gasteiger partial charge is 0.343 e. The van der Waals surface area contributed by atoms with Crippen LogP contribution in [0.15, 0.2) is 36.4 Å². The highest BCUT2D eigenvalue weighted by atomic mass is 31.1. The Kier molecular flexibility index (Phi) is 4.22. The van der Waals surface area contributed by atoms with Crippen molar-refractivity contribution in [3.63, 3.8) is 0 Å². The highest BCUT2D eigenvalue weighted by Gasteiger charge is 2.18. The van der Waals surface area contributed by atoms with Crippen LogP contribution in [0.4, 0.5) is 0 Å². The summed E-state index contributed by atoms with van der Waals surface area (Å²) in [5.41, 5.74) is 3.94. The van der Waals surface area contributed by atoms with E-state index in [1.54, 1.807) is 18.2 Å². The third-order valence-corrected chi connectivity index (χ3v) is 4.38. The number of rotatable bonds is 3. The summed E-state index contributed by atoms with van der Waals surface area (Å²) >= 11 is 0. The summed E-state index contributed by atoms with van der Waals surface area (Å²) in [5.74, 6) is -0.200. The fraction of sp³-hybridized carbons (Fsp3) is 0.188. The van der Waals surface area contributed by atoms with Gasteiger partial charge in [-0.1, -0.05) is 24.3 Å². The molecule has 4 heteroatoms. The van der Waals surface area contributed by atoms with E-state index < -0.39 is 8.03 Å². The first-order valence-electron chi connectivity index (χ1n) is 6.36. The van der Waals surface area contributed by atoms with E-state index in [-0.39, 0.29) is 11.1 Å². The molecule has 0 radical (unpaired) electrons. The van der Waals surface area contributed by atoms with Crippen LogP contribution in [0, 0.1) is 20.8 Å². The second-order valence-electron chi connectivity index (χ2n) is 4.93. The minimum atomic E-state index is -2.90. The lowest BCUT2D eigenvalue weighted by atomic mass is 9.95. The van der Waals surface area contributed by atoms with Gasteiger partial charge in [0.1, 0.15) is 0 Å². The topological polar surface area (TPSA) is 54.4 Å².